The second-order valence-electron chi connectivity index (χ2n) is 6.45. The zero-order chi connectivity index (χ0) is 17.0. The third kappa shape index (κ3) is 1.94. The topological polar surface area (TPSA) is 62.2 Å². The van der Waals surface area contributed by atoms with Gasteiger partial charge in [-0.2, -0.15) is 0 Å². The van der Waals surface area contributed by atoms with Gasteiger partial charge in [-0.05, 0) is 20.9 Å². The van der Waals surface area contributed by atoms with E-state index in [0.29, 0.717) is 23.5 Å². The molecule has 23 heavy (non-hydrogen) atoms. The summed E-state index contributed by atoms with van der Waals surface area (Å²) in [5.74, 6) is 1.52. The van der Waals surface area contributed by atoms with Gasteiger partial charge in [0.05, 0.1) is 26.3 Å². The van der Waals surface area contributed by atoms with Crippen molar-refractivity contribution >= 4 is 5.91 Å². The first-order valence-corrected chi connectivity index (χ1v) is 7.79. The monoisotopic (exact) mass is 320 g/mol. The number of benzene rings is 1. The molecular weight excluding hydrogens is 296 g/mol. The summed E-state index contributed by atoms with van der Waals surface area (Å²) in [5, 5.41) is 10.7. The Morgan fingerprint density at radius 3 is 2.35 bits per heavy atom. The molecule has 2 bridgehead atoms. The highest BCUT2D eigenvalue weighted by molar-refractivity contribution is 5.85. The summed E-state index contributed by atoms with van der Waals surface area (Å²) in [4.78, 5) is 16.5. The minimum Gasteiger partial charge on any atom is -0.507 e. The van der Waals surface area contributed by atoms with Crippen molar-refractivity contribution in [1.82, 2.24) is 9.80 Å². The van der Waals surface area contributed by atoms with Crippen LogP contribution in [0.5, 0.6) is 17.2 Å². The van der Waals surface area contributed by atoms with Crippen LogP contribution in [0.3, 0.4) is 0 Å². The second-order valence-corrected chi connectivity index (χ2v) is 6.45. The average Bonchev–Trinajstić information content (AvgIpc) is 2.54. The summed E-state index contributed by atoms with van der Waals surface area (Å²) in [7, 11) is 6.99. The molecule has 0 spiro atoms. The fourth-order valence-electron chi connectivity index (χ4n) is 4.08. The molecule has 1 saturated heterocycles. The number of phenols is 1. The van der Waals surface area contributed by atoms with Crippen LogP contribution >= 0.6 is 0 Å². The third-order valence-corrected chi connectivity index (χ3v) is 5.49. The van der Waals surface area contributed by atoms with Crippen LogP contribution < -0.4 is 9.47 Å². The van der Waals surface area contributed by atoms with E-state index in [0.717, 1.165) is 11.1 Å². The summed E-state index contributed by atoms with van der Waals surface area (Å²) < 4.78 is 11.1. The molecule has 6 heteroatoms. The van der Waals surface area contributed by atoms with Gasteiger partial charge in [0.2, 0.25) is 5.91 Å². The fraction of sp³-hybridized carbons (Fsp3) is 0.588. The highest BCUT2D eigenvalue weighted by Crippen LogP contribution is 2.52. The van der Waals surface area contributed by atoms with Crippen LogP contribution in [0.25, 0.3) is 0 Å². The lowest BCUT2D eigenvalue weighted by Crippen LogP contribution is -2.62. The lowest BCUT2D eigenvalue weighted by molar-refractivity contribution is -0.147. The normalized spacial score (nSPS) is 27.0. The van der Waals surface area contributed by atoms with E-state index in [2.05, 4.69) is 4.90 Å². The SMILES string of the molecule is COc1c(C)c(O)c2c(c1OC)[C@@H]1[C@H](C)N(C)C(=O)[C@H](C2)N1C. The number of piperazine rings is 1. The number of hydrogen-bond donors (Lipinski definition) is 1. The maximum atomic E-state index is 12.6. The number of rotatable bonds is 2. The molecule has 0 aromatic heterocycles. The smallest absolute Gasteiger partial charge is 0.240 e. The van der Waals surface area contributed by atoms with Gasteiger partial charge in [0.15, 0.2) is 11.5 Å². The molecule has 1 aromatic carbocycles. The van der Waals surface area contributed by atoms with Crippen LogP contribution in [0.1, 0.15) is 29.7 Å². The lowest BCUT2D eigenvalue weighted by Gasteiger charge is -2.51. The van der Waals surface area contributed by atoms with Crippen LogP contribution in [0.2, 0.25) is 0 Å². The van der Waals surface area contributed by atoms with Crippen LogP contribution in [0.4, 0.5) is 0 Å². The molecule has 3 atom stereocenters. The number of likely N-dealkylation sites (N-methyl/N-ethyl adjacent to an activating group) is 2. The predicted molar refractivity (Wildman–Crippen MR) is 86.2 cm³/mol. The van der Waals surface area contributed by atoms with Gasteiger partial charge in [-0.15, -0.1) is 0 Å². The number of phenolic OH excluding ortho intramolecular Hbond substituents is 1. The van der Waals surface area contributed by atoms with E-state index in [1.165, 1.54) is 0 Å². The first-order valence-electron chi connectivity index (χ1n) is 7.79. The first-order chi connectivity index (χ1) is 10.8. The highest BCUT2D eigenvalue weighted by Gasteiger charge is 2.49. The Kier molecular flexibility index (Phi) is 3.67. The van der Waals surface area contributed by atoms with E-state index in [-0.39, 0.29) is 29.8 Å². The van der Waals surface area contributed by atoms with E-state index in [9.17, 15) is 9.90 Å². The number of methoxy groups -OCH3 is 2. The van der Waals surface area contributed by atoms with Crippen molar-refractivity contribution < 1.29 is 19.4 Å². The minimum atomic E-state index is -0.253. The average molecular weight is 320 g/mol. The maximum Gasteiger partial charge on any atom is 0.240 e. The van der Waals surface area contributed by atoms with Crippen molar-refractivity contribution in [2.75, 3.05) is 28.3 Å². The zero-order valence-electron chi connectivity index (χ0n) is 14.5. The largest absolute Gasteiger partial charge is 0.507 e. The molecule has 1 aromatic rings. The number of hydrogen-bond acceptors (Lipinski definition) is 5. The van der Waals surface area contributed by atoms with Gasteiger partial charge in [-0.25, -0.2) is 0 Å². The van der Waals surface area contributed by atoms with Gasteiger partial charge in [0, 0.05) is 36.2 Å². The van der Waals surface area contributed by atoms with Gasteiger partial charge in [0.1, 0.15) is 5.75 Å². The predicted octanol–water partition coefficient (Wildman–Crippen LogP) is 1.48. The van der Waals surface area contributed by atoms with Gasteiger partial charge < -0.3 is 19.5 Å². The van der Waals surface area contributed by atoms with Gasteiger partial charge >= 0.3 is 0 Å². The molecule has 0 radical (unpaired) electrons. The van der Waals surface area contributed by atoms with Crippen molar-refractivity contribution in [3.63, 3.8) is 0 Å². The minimum absolute atomic E-state index is 0.0245. The van der Waals surface area contributed by atoms with Crippen molar-refractivity contribution in [2.24, 2.45) is 0 Å². The molecule has 0 saturated carbocycles. The second kappa shape index (κ2) is 5.30. The number of carbonyl (C=O) groups is 1. The third-order valence-electron chi connectivity index (χ3n) is 5.49. The van der Waals surface area contributed by atoms with Crippen LogP contribution in [0, 0.1) is 6.92 Å². The van der Waals surface area contributed by atoms with E-state index in [1.807, 2.05) is 27.9 Å². The molecule has 0 unspecified atom stereocenters. The first kappa shape index (κ1) is 15.9. The Balaban J connectivity index is 2.32. The molecule has 126 valence electrons. The summed E-state index contributed by atoms with van der Waals surface area (Å²) >= 11 is 0. The number of aromatic hydroxyl groups is 1. The molecule has 6 nitrogen and oxygen atoms in total. The lowest BCUT2D eigenvalue weighted by atomic mass is 9.79. The number of amides is 1. The molecule has 2 heterocycles. The summed E-state index contributed by atoms with van der Waals surface area (Å²) in [6.07, 6.45) is 0.477. The van der Waals surface area contributed by atoms with Gasteiger partial charge in [-0.1, -0.05) is 0 Å². The molecule has 2 aliphatic rings. The number of carbonyl (C=O) groups excluding carboxylic acids is 1. The summed E-state index contributed by atoms with van der Waals surface area (Å²) in [6.45, 7) is 3.83. The van der Waals surface area contributed by atoms with Crippen molar-refractivity contribution in [3.05, 3.63) is 16.7 Å². The Hall–Kier alpha value is -1.95. The van der Waals surface area contributed by atoms with Gasteiger partial charge in [-0.3, -0.25) is 9.69 Å². The summed E-state index contributed by atoms with van der Waals surface area (Å²) in [5.41, 5.74) is 2.39. The van der Waals surface area contributed by atoms with E-state index in [4.69, 9.17) is 9.47 Å². The number of fused-ring (bicyclic) bond motifs is 4. The van der Waals surface area contributed by atoms with E-state index < -0.39 is 0 Å². The standard InChI is InChI=1S/C17H24N2O4/c1-8-14(20)10-7-11-17(21)18(3)9(2)13(19(11)4)12(10)16(23-6)15(8)22-5/h9,11,13,20H,7H2,1-6H3/t9-,11-,13-/m0/s1. The Bertz CT molecular complexity index is 673. The molecule has 1 amide bonds. The Labute approximate surface area is 136 Å². The molecule has 1 fully saturated rings. The van der Waals surface area contributed by atoms with Crippen molar-refractivity contribution in [2.45, 2.75) is 38.4 Å². The summed E-state index contributed by atoms with van der Waals surface area (Å²) in [6, 6.07) is -0.317. The highest BCUT2D eigenvalue weighted by atomic mass is 16.5. The number of nitrogens with zero attached hydrogens (tertiary/aromatic N) is 2. The zero-order valence-corrected chi connectivity index (χ0v) is 14.5. The van der Waals surface area contributed by atoms with Crippen LogP contribution in [-0.2, 0) is 11.2 Å². The quantitative estimate of drug-likeness (QED) is 0.894. The molecule has 2 aliphatic heterocycles. The molecule has 0 aliphatic carbocycles. The Morgan fingerprint density at radius 2 is 1.78 bits per heavy atom. The molecular formula is C17H24N2O4. The van der Waals surface area contributed by atoms with Crippen LogP contribution in [0.15, 0.2) is 0 Å². The van der Waals surface area contributed by atoms with Crippen LogP contribution in [-0.4, -0.2) is 61.2 Å². The maximum absolute atomic E-state index is 12.6. The Morgan fingerprint density at radius 1 is 1.17 bits per heavy atom. The van der Waals surface area contributed by atoms with Crippen molar-refractivity contribution in [3.8, 4) is 17.2 Å². The van der Waals surface area contributed by atoms with Gasteiger partial charge in [0.25, 0.3) is 0 Å². The van der Waals surface area contributed by atoms with E-state index in [1.54, 1.807) is 19.1 Å². The molecule has 3 rings (SSSR count). The molecule has 1 N–H and O–H groups in total. The van der Waals surface area contributed by atoms with E-state index >= 15 is 0 Å². The van der Waals surface area contributed by atoms with Crippen molar-refractivity contribution in [1.29, 1.82) is 0 Å². The number of ether oxygens (including phenoxy) is 2. The fourth-order valence-corrected chi connectivity index (χ4v) is 4.08.